The van der Waals surface area contributed by atoms with Crippen LogP contribution in [0.2, 0.25) is 0 Å². The second-order valence-electron chi connectivity index (χ2n) is 4.85. The first kappa shape index (κ1) is 15.1. The highest BCUT2D eigenvalue weighted by molar-refractivity contribution is 5.85. The van der Waals surface area contributed by atoms with Gasteiger partial charge in [-0.05, 0) is 20.8 Å². The Balaban J connectivity index is 3.09. The summed E-state index contributed by atoms with van der Waals surface area (Å²) >= 11 is 0. The molecule has 19 heavy (non-hydrogen) atoms. The fraction of sp³-hybridized carbons (Fsp3) is 0.600. The van der Waals surface area contributed by atoms with Gasteiger partial charge in [-0.15, -0.1) is 0 Å². The quantitative estimate of drug-likeness (QED) is 0.827. The lowest BCUT2D eigenvalue weighted by atomic mass is 10.2. The first-order valence-electron chi connectivity index (χ1n) is 5.28. The van der Waals surface area contributed by atoms with Crippen molar-refractivity contribution in [1.82, 2.24) is 9.78 Å². The third-order valence-corrected chi connectivity index (χ3v) is 1.96. The predicted molar refractivity (Wildman–Crippen MR) is 60.9 cm³/mol. The molecule has 0 fully saturated rings. The number of aromatic nitrogens is 2. The molecule has 0 aliphatic rings. The Morgan fingerprint density at radius 1 is 1.32 bits per heavy atom. The van der Waals surface area contributed by atoms with Crippen molar-refractivity contribution < 1.29 is 22.7 Å². The molecule has 1 aromatic heterocycles. The van der Waals surface area contributed by atoms with Crippen LogP contribution < -0.4 is 10.9 Å². The molecular weight excluding hydrogens is 267 g/mol. The summed E-state index contributed by atoms with van der Waals surface area (Å²) in [4.78, 5) is 22.8. The minimum atomic E-state index is -4.78. The molecular formula is C10H14F3N3O3. The summed E-state index contributed by atoms with van der Waals surface area (Å²) < 4.78 is 43.5. The van der Waals surface area contributed by atoms with E-state index in [0.717, 1.165) is 7.05 Å². The first-order valence-corrected chi connectivity index (χ1v) is 5.28. The third kappa shape index (κ3) is 3.76. The van der Waals surface area contributed by atoms with Crippen LogP contribution in [0.25, 0.3) is 0 Å². The number of carbonyl (C=O) groups excluding carboxylic acids is 1. The molecule has 0 spiro atoms. The van der Waals surface area contributed by atoms with Gasteiger partial charge in [0.15, 0.2) is 5.69 Å². The Morgan fingerprint density at radius 2 is 1.84 bits per heavy atom. The number of aromatic amines is 1. The molecule has 2 N–H and O–H groups in total. The number of amides is 1. The van der Waals surface area contributed by atoms with Crippen molar-refractivity contribution >= 4 is 11.8 Å². The molecule has 108 valence electrons. The first-order chi connectivity index (χ1) is 8.42. The van der Waals surface area contributed by atoms with Crippen molar-refractivity contribution in [3.63, 3.8) is 0 Å². The molecule has 1 heterocycles. The van der Waals surface area contributed by atoms with Crippen LogP contribution in [0.1, 0.15) is 26.5 Å². The maximum atomic E-state index is 12.7. The Labute approximate surface area is 106 Å². The number of H-pyrrole nitrogens is 1. The molecule has 0 unspecified atom stereocenters. The van der Waals surface area contributed by atoms with Crippen molar-refractivity contribution in [3.8, 4) is 0 Å². The van der Waals surface area contributed by atoms with Crippen molar-refractivity contribution in [3.05, 3.63) is 16.0 Å². The summed E-state index contributed by atoms with van der Waals surface area (Å²) in [5.41, 5.74) is -4.10. The molecule has 0 radical (unpaired) electrons. The number of aryl methyl sites for hydroxylation is 1. The van der Waals surface area contributed by atoms with Gasteiger partial charge in [-0.3, -0.25) is 19.9 Å². The third-order valence-electron chi connectivity index (χ3n) is 1.96. The van der Waals surface area contributed by atoms with E-state index in [2.05, 4.69) is 0 Å². The fourth-order valence-electron chi connectivity index (χ4n) is 1.39. The zero-order valence-corrected chi connectivity index (χ0v) is 10.8. The molecule has 1 aromatic rings. The summed E-state index contributed by atoms with van der Waals surface area (Å²) in [5.74, 6) is 0. The van der Waals surface area contributed by atoms with E-state index in [9.17, 15) is 22.8 Å². The average molecular weight is 281 g/mol. The number of ether oxygens (including phenoxy) is 1. The van der Waals surface area contributed by atoms with Gasteiger partial charge in [0.05, 0.1) is 0 Å². The highest BCUT2D eigenvalue weighted by Crippen LogP contribution is 2.32. The van der Waals surface area contributed by atoms with E-state index in [0.29, 0.717) is 4.68 Å². The molecule has 0 bridgehead atoms. The summed E-state index contributed by atoms with van der Waals surface area (Å²) in [7, 11) is 1.02. The second-order valence-corrected chi connectivity index (χ2v) is 4.85. The lowest BCUT2D eigenvalue weighted by Crippen LogP contribution is -2.29. The van der Waals surface area contributed by atoms with E-state index in [-0.39, 0.29) is 0 Å². The van der Waals surface area contributed by atoms with Gasteiger partial charge in [-0.25, -0.2) is 4.79 Å². The molecule has 0 atom stereocenters. The molecule has 1 rings (SSSR count). The standard InChI is InChI=1S/C10H14F3N3O3/c1-9(2,3)19-8(18)14-5-6(10(11,12)13)16(4)15-7(5)17/h1-4H3,(H,14,18)(H,15,17). The largest absolute Gasteiger partial charge is 0.444 e. The van der Waals surface area contributed by atoms with Crippen LogP contribution in [0.5, 0.6) is 0 Å². The number of nitrogens with one attached hydrogen (secondary N) is 2. The van der Waals surface area contributed by atoms with Crippen LogP contribution in [0.4, 0.5) is 23.7 Å². The minimum absolute atomic E-state index is 0.495. The Hall–Kier alpha value is -1.93. The van der Waals surface area contributed by atoms with Crippen LogP contribution >= 0.6 is 0 Å². The van der Waals surface area contributed by atoms with Crippen LogP contribution in [-0.2, 0) is 18.0 Å². The highest BCUT2D eigenvalue weighted by atomic mass is 19.4. The topological polar surface area (TPSA) is 76.1 Å². The lowest BCUT2D eigenvalue weighted by molar-refractivity contribution is -0.143. The molecule has 0 aromatic carbocycles. The summed E-state index contributed by atoms with van der Waals surface area (Å²) in [5, 5.41) is 3.74. The Morgan fingerprint density at radius 3 is 2.26 bits per heavy atom. The number of halogens is 3. The maximum Gasteiger partial charge on any atom is 0.435 e. The van der Waals surface area contributed by atoms with Gasteiger partial charge < -0.3 is 4.74 Å². The SMILES string of the molecule is Cn1[nH]c(=O)c(NC(=O)OC(C)(C)C)c1C(F)(F)F. The van der Waals surface area contributed by atoms with E-state index in [1.165, 1.54) is 0 Å². The van der Waals surface area contributed by atoms with Gasteiger partial charge in [0, 0.05) is 7.05 Å². The molecule has 1 amide bonds. The summed E-state index contributed by atoms with van der Waals surface area (Å²) in [6.45, 7) is 4.64. The molecule has 0 saturated heterocycles. The van der Waals surface area contributed by atoms with Crippen molar-refractivity contribution in [1.29, 1.82) is 0 Å². The van der Waals surface area contributed by atoms with Gasteiger partial charge in [-0.2, -0.15) is 13.2 Å². The van der Waals surface area contributed by atoms with Crippen LogP contribution in [0, 0.1) is 0 Å². The Kier molecular flexibility index (Phi) is 3.69. The van der Waals surface area contributed by atoms with Crippen molar-refractivity contribution in [2.24, 2.45) is 7.05 Å². The molecule has 9 heteroatoms. The fourth-order valence-corrected chi connectivity index (χ4v) is 1.39. The van der Waals surface area contributed by atoms with Crippen LogP contribution in [0.3, 0.4) is 0 Å². The smallest absolute Gasteiger partial charge is 0.435 e. The van der Waals surface area contributed by atoms with Gasteiger partial charge >= 0.3 is 12.3 Å². The number of nitrogens with zero attached hydrogens (tertiary/aromatic N) is 1. The van der Waals surface area contributed by atoms with E-state index in [1.807, 2.05) is 10.4 Å². The van der Waals surface area contributed by atoms with Gasteiger partial charge in [0.2, 0.25) is 0 Å². The zero-order valence-electron chi connectivity index (χ0n) is 10.8. The maximum absolute atomic E-state index is 12.7. The molecule has 0 aliphatic heterocycles. The second kappa shape index (κ2) is 4.63. The summed E-state index contributed by atoms with van der Waals surface area (Å²) in [6.07, 6.45) is -5.91. The van der Waals surface area contributed by atoms with Crippen molar-refractivity contribution in [2.75, 3.05) is 5.32 Å². The highest BCUT2D eigenvalue weighted by Gasteiger charge is 2.39. The monoisotopic (exact) mass is 281 g/mol. The van der Waals surface area contributed by atoms with E-state index < -0.39 is 34.8 Å². The van der Waals surface area contributed by atoms with E-state index in [1.54, 1.807) is 20.8 Å². The van der Waals surface area contributed by atoms with Gasteiger partial charge in [-0.1, -0.05) is 0 Å². The predicted octanol–water partition coefficient (Wildman–Crippen LogP) is 2.08. The van der Waals surface area contributed by atoms with Crippen molar-refractivity contribution in [2.45, 2.75) is 32.5 Å². The number of hydrogen-bond donors (Lipinski definition) is 2. The number of anilines is 1. The molecule has 6 nitrogen and oxygen atoms in total. The zero-order chi connectivity index (χ0) is 15.0. The van der Waals surface area contributed by atoms with Crippen LogP contribution in [0.15, 0.2) is 4.79 Å². The van der Waals surface area contributed by atoms with Gasteiger partial charge in [0.25, 0.3) is 5.56 Å². The average Bonchev–Trinajstić information content (AvgIpc) is 2.36. The van der Waals surface area contributed by atoms with Gasteiger partial charge in [0.1, 0.15) is 11.3 Å². The number of hydrogen-bond acceptors (Lipinski definition) is 3. The van der Waals surface area contributed by atoms with E-state index in [4.69, 9.17) is 4.74 Å². The number of carbonyl (C=O) groups is 1. The minimum Gasteiger partial charge on any atom is -0.444 e. The Bertz CT molecular complexity index is 537. The number of rotatable bonds is 1. The normalized spacial score (nSPS) is 12.4. The molecule has 0 saturated carbocycles. The number of alkyl halides is 3. The lowest BCUT2D eigenvalue weighted by Gasteiger charge is -2.19. The van der Waals surface area contributed by atoms with Crippen LogP contribution in [-0.4, -0.2) is 21.5 Å². The molecule has 0 aliphatic carbocycles. The van der Waals surface area contributed by atoms with E-state index >= 15 is 0 Å². The summed E-state index contributed by atoms with van der Waals surface area (Å²) in [6, 6.07) is 0.